The van der Waals surface area contributed by atoms with Crippen LogP contribution in [0.25, 0.3) is 6.08 Å². The van der Waals surface area contributed by atoms with Gasteiger partial charge in [0.15, 0.2) is 11.5 Å². The summed E-state index contributed by atoms with van der Waals surface area (Å²) >= 11 is 0. The lowest BCUT2D eigenvalue weighted by Gasteiger charge is -2.10. The summed E-state index contributed by atoms with van der Waals surface area (Å²) in [6.07, 6.45) is 10.4. The molecule has 4 nitrogen and oxygen atoms in total. The van der Waals surface area contributed by atoms with E-state index < -0.39 is 0 Å². The number of rotatable bonds is 12. The Bertz CT molecular complexity index is 722. The Morgan fingerprint density at radius 3 is 2.52 bits per heavy atom. The van der Waals surface area contributed by atoms with Gasteiger partial charge in [0.1, 0.15) is 6.61 Å². The zero-order valence-electron chi connectivity index (χ0n) is 18.8. The Kier molecular flexibility index (Phi) is 11.6. The van der Waals surface area contributed by atoms with Crippen molar-refractivity contribution in [3.8, 4) is 11.5 Å². The molecule has 1 rings (SSSR count). The highest BCUT2D eigenvalue weighted by molar-refractivity contribution is 5.87. The van der Waals surface area contributed by atoms with Gasteiger partial charge in [0.25, 0.3) is 0 Å². The van der Waals surface area contributed by atoms with Gasteiger partial charge in [-0.1, -0.05) is 37.1 Å². The van der Waals surface area contributed by atoms with Crippen molar-refractivity contribution in [2.45, 2.75) is 53.9 Å². The molecule has 0 N–H and O–H groups in total. The molecule has 0 heterocycles. The number of esters is 1. The van der Waals surface area contributed by atoms with Crippen LogP contribution in [0.3, 0.4) is 0 Å². The molecule has 4 heteroatoms. The minimum atomic E-state index is -0.335. The largest absolute Gasteiger partial charge is 0.493 e. The van der Waals surface area contributed by atoms with Crippen molar-refractivity contribution in [2.75, 3.05) is 20.3 Å². The van der Waals surface area contributed by atoms with Gasteiger partial charge in [-0.05, 0) is 75.8 Å². The van der Waals surface area contributed by atoms with Crippen LogP contribution in [-0.4, -0.2) is 26.3 Å². The van der Waals surface area contributed by atoms with Gasteiger partial charge < -0.3 is 14.2 Å². The fraction of sp³-hybridized carbons (Fsp3) is 0.480. The molecule has 0 radical (unpaired) electrons. The maximum absolute atomic E-state index is 11.8. The number of allylic oxidation sites excluding steroid dienone is 3. The fourth-order valence-corrected chi connectivity index (χ4v) is 2.48. The highest BCUT2D eigenvalue weighted by atomic mass is 16.5. The molecule has 0 aliphatic rings. The van der Waals surface area contributed by atoms with Gasteiger partial charge in [-0.25, -0.2) is 4.79 Å². The van der Waals surface area contributed by atoms with Gasteiger partial charge in [0, 0.05) is 6.08 Å². The number of carbonyl (C=O) groups excluding carboxylic acids is 1. The summed E-state index contributed by atoms with van der Waals surface area (Å²) in [5.41, 5.74) is 3.50. The molecule has 29 heavy (non-hydrogen) atoms. The molecule has 0 bridgehead atoms. The second-order valence-corrected chi connectivity index (χ2v) is 7.78. The van der Waals surface area contributed by atoms with Crippen molar-refractivity contribution in [2.24, 2.45) is 5.92 Å². The van der Waals surface area contributed by atoms with E-state index in [0.717, 1.165) is 24.8 Å². The monoisotopic (exact) mass is 400 g/mol. The zero-order chi connectivity index (χ0) is 21.6. The first-order valence-corrected chi connectivity index (χ1v) is 10.3. The van der Waals surface area contributed by atoms with E-state index in [4.69, 9.17) is 14.2 Å². The Hall–Kier alpha value is -2.49. The first-order chi connectivity index (χ1) is 13.8. The van der Waals surface area contributed by atoms with Gasteiger partial charge in [-0.2, -0.15) is 0 Å². The summed E-state index contributed by atoms with van der Waals surface area (Å²) in [7, 11) is 1.61. The molecule has 0 aliphatic carbocycles. The van der Waals surface area contributed by atoms with Crippen molar-refractivity contribution in [3.63, 3.8) is 0 Å². The molecular weight excluding hydrogens is 364 g/mol. The Balaban J connectivity index is 2.59. The van der Waals surface area contributed by atoms with Crippen LogP contribution in [0.5, 0.6) is 11.5 Å². The highest BCUT2D eigenvalue weighted by Gasteiger charge is 2.05. The van der Waals surface area contributed by atoms with E-state index >= 15 is 0 Å². The number of carbonyl (C=O) groups is 1. The van der Waals surface area contributed by atoms with Crippen LogP contribution >= 0.6 is 0 Å². The summed E-state index contributed by atoms with van der Waals surface area (Å²) in [6, 6.07) is 5.59. The number of ether oxygens (including phenoxy) is 3. The van der Waals surface area contributed by atoms with E-state index in [1.54, 1.807) is 13.2 Å². The zero-order valence-corrected chi connectivity index (χ0v) is 18.8. The van der Waals surface area contributed by atoms with Gasteiger partial charge in [0.05, 0.1) is 13.7 Å². The predicted molar refractivity (Wildman–Crippen MR) is 120 cm³/mol. The summed E-state index contributed by atoms with van der Waals surface area (Å²) in [5.74, 6) is 1.49. The van der Waals surface area contributed by atoms with Gasteiger partial charge in [-0.15, -0.1) is 0 Å². The minimum Gasteiger partial charge on any atom is -0.493 e. The lowest BCUT2D eigenvalue weighted by Crippen LogP contribution is -2.04. The predicted octanol–water partition coefficient (Wildman–Crippen LogP) is 6.37. The number of methoxy groups -OCH3 is 1. The number of hydrogen-bond donors (Lipinski definition) is 0. The Morgan fingerprint density at radius 2 is 1.86 bits per heavy atom. The Morgan fingerprint density at radius 1 is 1.10 bits per heavy atom. The molecule has 0 aromatic heterocycles. The lowest BCUT2D eigenvalue weighted by atomic mass is 10.1. The quantitative estimate of drug-likeness (QED) is 0.232. The third kappa shape index (κ3) is 11.2. The van der Waals surface area contributed by atoms with E-state index in [1.807, 2.05) is 18.2 Å². The highest BCUT2D eigenvalue weighted by Crippen LogP contribution is 2.28. The van der Waals surface area contributed by atoms with Crippen LogP contribution < -0.4 is 9.47 Å². The fourth-order valence-electron chi connectivity index (χ4n) is 2.48. The normalized spacial score (nSPS) is 11.6. The molecule has 1 aromatic rings. The average Bonchev–Trinajstić information content (AvgIpc) is 2.66. The van der Waals surface area contributed by atoms with Crippen LogP contribution in [0.15, 0.2) is 47.6 Å². The molecule has 1 aromatic carbocycles. The molecular formula is C25H36O4. The maximum Gasteiger partial charge on any atom is 0.330 e. The molecule has 0 spiro atoms. The van der Waals surface area contributed by atoms with E-state index in [1.165, 1.54) is 17.2 Å². The lowest BCUT2D eigenvalue weighted by molar-refractivity contribution is -0.137. The van der Waals surface area contributed by atoms with Crippen LogP contribution in [0.1, 0.15) is 59.4 Å². The van der Waals surface area contributed by atoms with E-state index in [2.05, 4.69) is 46.8 Å². The third-order valence-corrected chi connectivity index (χ3v) is 4.30. The van der Waals surface area contributed by atoms with E-state index in [0.29, 0.717) is 30.6 Å². The molecule has 0 amide bonds. The number of hydrogen-bond acceptors (Lipinski definition) is 4. The summed E-state index contributed by atoms with van der Waals surface area (Å²) in [5, 5.41) is 0. The second-order valence-electron chi connectivity index (χ2n) is 7.78. The summed E-state index contributed by atoms with van der Waals surface area (Å²) in [6.45, 7) is 11.5. The minimum absolute atomic E-state index is 0.335. The van der Waals surface area contributed by atoms with Crippen molar-refractivity contribution >= 4 is 12.0 Å². The molecule has 160 valence electrons. The molecule has 0 saturated carbocycles. The Labute approximate surface area is 176 Å². The first kappa shape index (κ1) is 24.5. The topological polar surface area (TPSA) is 44.8 Å². The van der Waals surface area contributed by atoms with Crippen molar-refractivity contribution in [1.82, 2.24) is 0 Å². The van der Waals surface area contributed by atoms with Gasteiger partial charge in [0.2, 0.25) is 0 Å². The van der Waals surface area contributed by atoms with Crippen molar-refractivity contribution in [1.29, 1.82) is 0 Å². The summed E-state index contributed by atoms with van der Waals surface area (Å²) < 4.78 is 16.5. The van der Waals surface area contributed by atoms with Crippen LogP contribution in [0, 0.1) is 5.92 Å². The van der Waals surface area contributed by atoms with Crippen molar-refractivity contribution < 1.29 is 19.0 Å². The maximum atomic E-state index is 11.8. The van der Waals surface area contributed by atoms with Gasteiger partial charge in [-0.3, -0.25) is 0 Å². The molecule has 0 aliphatic heterocycles. The van der Waals surface area contributed by atoms with E-state index in [9.17, 15) is 4.79 Å². The van der Waals surface area contributed by atoms with Crippen molar-refractivity contribution in [3.05, 3.63) is 53.1 Å². The molecule has 0 fully saturated rings. The SMILES string of the molecule is COc1cc(/C=C/C(=O)OCCC(C)C)ccc1OC/C=C(\C)CCC=C(C)C. The average molecular weight is 401 g/mol. The van der Waals surface area contributed by atoms with Crippen LogP contribution in [0.2, 0.25) is 0 Å². The second kappa shape index (κ2) is 13.6. The van der Waals surface area contributed by atoms with Crippen LogP contribution in [0.4, 0.5) is 0 Å². The smallest absolute Gasteiger partial charge is 0.330 e. The standard InChI is InChI=1S/C25H36O4/c1-19(2)8-7-9-21(5)15-17-28-23-12-10-22(18-24(23)27-6)11-13-25(26)29-16-14-20(3)4/h8,10-13,15,18,20H,7,9,14,16-17H2,1-6H3/b13-11+,21-15+. The van der Waals surface area contributed by atoms with Crippen LogP contribution in [-0.2, 0) is 9.53 Å². The molecule has 0 saturated heterocycles. The number of benzene rings is 1. The van der Waals surface area contributed by atoms with E-state index in [-0.39, 0.29) is 5.97 Å². The first-order valence-electron chi connectivity index (χ1n) is 10.3. The van der Waals surface area contributed by atoms with Gasteiger partial charge >= 0.3 is 5.97 Å². The third-order valence-electron chi connectivity index (χ3n) is 4.30. The molecule has 0 atom stereocenters. The summed E-state index contributed by atoms with van der Waals surface area (Å²) in [4.78, 5) is 11.8. The molecule has 0 unspecified atom stereocenters.